The van der Waals surface area contributed by atoms with Crippen molar-refractivity contribution in [1.29, 1.82) is 0 Å². The van der Waals surface area contributed by atoms with Gasteiger partial charge in [-0.05, 0) is 43.6 Å². The zero-order chi connectivity index (χ0) is 13.8. The molecule has 1 aromatic carbocycles. The molecule has 0 bridgehead atoms. The number of hydrogen-bond donors (Lipinski definition) is 1. The van der Waals surface area contributed by atoms with Crippen molar-refractivity contribution in [3.63, 3.8) is 0 Å². The van der Waals surface area contributed by atoms with Crippen LogP contribution in [-0.2, 0) is 6.54 Å². The highest BCUT2D eigenvalue weighted by Gasteiger charge is 2.20. The van der Waals surface area contributed by atoms with E-state index in [0.717, 1.165) is 44.0 Å². The van der Waals surface area contributed by atoms with Gasteiger partial charge in [-0.3, -0.25) is 0 Å². The van der Waals surface area contributed by atoms with Gasteiger partial charge in [0, 0.05) is 5.92 Å². The number of methoxy groups -OCH3 is 1. The van der Waals surface area contributed by atoms with Crippen LogP contribution < -0.4 is 10.1 Å². The van der Waals surface area contributed by atoms with E-state index in [4.69, 9.17) is 4.74 Å². The number of rotatable bonds is 4. The van der Waals surface area contributed by atoms with Crippen LogP contribution in [-0.4, -0.2) is 35.0 Å². The first-order valence-electron chi connectivity index (χ1n) is 7.08. The molecule has 0 aliphatic carbocycles. The molecule has 1 N–H and O–H groups in total. The molecule has 1 saturated heterocycles. The topological polar surface area (TPSA) is 52.0 Å². The minimum Gasteiger partial charge on any atom is -0.497 e. The highest BCUT2D eigenvalue weighted by atomic mass is 16.5. The fraction of sp³-hybridized carbons (Fsp3) is 0.467. The SMILES string of the molecule is COc1ccc(Cn2cnnc2C2CCNCC2)cc1. The standard InChI is InChI=1S/C15H20N4O/c1-20-14-4-2-12(3-5-14)10-19-11-17-18-15(19)13-6-8-16-9-7-13/h2-5,11,13,16H,6-10H2,1H3. The quantitative estimate of drug-likeness (QED) is 0.922. The third-order valence-electron chi connectivity index (χ3n) is 3.86. The van der Waals surface area contributed by atoms with E-state index in [1.807, 2.05) is 18.5 Å². The summed E-state index contributed by atoms with van der Waals surface area (Å²) in [6.45, 7) is 2.95. The second-order valence-corrected chi connectivity index (χ2v) is 5.19. The van der Waals surface area contributed by atoms with Gasteiger partial charge in [-0.15, -0.1) is 10.2 Å². The van der Waals surface area contributed by atoms with Crippen molar-refractivity contribution in [1.82, 2.24) is 20.1 Å². The van der Waals surface area contributed by atoms with E-state index in [9.17, 15) is 0 Å². The normalized spacial score (nSPS) is 16.2. The van der Waals surface area contributed by atoms with Crippen LogP contribution in [0.3, 0.4) is 0 Å². The molecule has 0 spiro atoms. The van der Waals surface area contributed by atoms with Crippen molar-refractivity contribution in [3.8, 4) is 5.75 Å². The van der Waals surface area contributed by atoms with Crippen molar-refractivity contribution in [2.24, 2.45) is 0 Å². The summed E-state index contributed by atoms with van der Waals surface area (Å²) in [7, 11) is 1.68. The molecule has 0 unspecified atom stereocenters. The highest BCUT2D eigenvalue weighted by molar-refractivity contribution is 5.27. The van der Waals surface area contributed by atoms with Crippen LogP contribution in [0.25, 0.3) is 0 Å². The van der Waals surface area contributed by atoms with Crippen LogP contribution in [0.2, 0.25) is 0 Å². The van der Waals surface area contributed by atoms with Gasteiger partial charge in [0.05, 0.1) is 13.7 Å². The lowest BCUT2D eigenvalue weighted by Gasteiger charge is -2.22. The number of nitrogens with one attached hydrogen (secondary N) is 1. The number of aromatic nitrogens is 3. The van der Waals surface area contributed by atoms with E-state index in [0.29, 0.717) is 5.92 Å². The lowest BCUT2D eigenvalue weighted by atomic mass is 9.97. The molecule has 1 aliphatic rings. The van der Waals surface area contributed by atoms with Crippen LogP contribution in [0.4, 0.5) is 0 Å². The van der Waals surface area contributed by atoms with Gasteiger partial charge in [0.2, 0.25) is 0 Å². The Balaban J connectivity index is 1.75. The Kier molecular flexibility index (Phi) is 3.97. The molecule has 0 amide bonds. The second-order valence-electron chi connectivity index (χ2n) is 5.19. The smallest absolute Gasteiger partial charge is 0.136 e. The van der Waals surface area contributed by atoms with E-state index < -0.39 is 0 Å². The molecule has 0 radical (unpaired) electrons. The van der Waals surface area contributed by atoms with E-state index in [1.165, 1.54) is 5.56 Å². The highest BCUT2D eigenvalue weighted by Crippen LogP contribution is 2.23. The second kappa shape index (κ2) is 6.05. The Morgan fingerprint density at radius 3 is 2.70 bits per heavy atom. The molecule has 5 heteroatoms. The van der Waals surface area contributed by atoms with Crippen molar-refractivity contribution in [2.45, 2.75) is 25.3 Å². The predicted molar refractivity (Wildman–Crippen MR) is 77.0 cm³/mol. The minimum absolute atomic E-state index is 0.525. The molecule has 20 heavy (non-hydrogen) atoms. The molecule has 3 rings (SSSR count). The third kappa shape index (κ3) is 2.82. The number of hydrogen-bond acceptors (Lipinski definition) is 4. The third-order valence-corrected chi connectivity index (χ3v) is 3.86. The monoisotopic (exact) mass is 272 g/mol. The lowest BCUT2D eigenvalue weighted by Crippen LogP contribution is -2.28. The van der Waals surface area contributed by atoms with Gasteiger partial charge in [-0.2, -0.15) is 0 Å². The van der Waals surface area contributed by atoms with Gasteiger partial charge in [0.25, 0.3) is 0 Å². The molecule has 2 aromatic rings. The van der Waals surface area contributed by atoms with Crippen LogP contribution in [0.5, 0.6) is 5.75 Å². The van der Waals surface area contributed by atoms with Crippen LogP contribution in [0.1, 0.15) is 30.1 Å². The maximum atomic E-state index is 5.18. The Morgan fingerprint density at radius 2 is 2.00 bits per heavy atom. The summed E-state index contributed by atoms with van der Waals surface area (Å²) in [5, 5.41) is 11.8. The van der Waals surface area contributed by atoms with Crippen LogP contribution in [0.15, 0.2) is 30.6 Å². The average Bonchev–Trinajstić information content (AvgIpc) is 2.97. The first kappa shape index (κ1) is 13.1. The lowest BCUT2D eigenvalue weighted by molar-refractivity contribution is 0.414. The summed E-state index contributed by atoms with van der Waals surface area (Å²) >= 11 is 0. The number of nitrogens with zero attached hydrogens (tertiary/aromatic N) is 3. The summed E-state index contributed by atoms with van der Waals surface area (Å²) in [4.78, 5) is 0. The van der Waals surface area contributed by atoms with E-state index in [1.54, 1.807) is 7.11 Å². The fourth-order valence-electron chi connectivity index (χ4n) is 2.71. The first-order valence-corrected chi connectivity index (χ1v) is 7.08. The predicted octanol–water partition coefficient (Wildman–Crippen LogP) is 1.80. The molecule has 2 heterocycles. The average molecular weight is 272 g/mol. The Labute approximate surface area is 119 Å². The largest absolute Gasteiger partial charge is 0.497 e. The van der Waals surface area contributed by atoms with Gasteiger partial charge in [-0.25, -0.2) is 0 Å². The Hall–Kier alpha value is -1.88. The molecule has 1 aliphatic heterocycles. The summed E-state index contributed by atoms with van der Waals surface area (Å²) < 4.78 is 7.35. The number of piperidine rings is 1. The molecular weight excluding hydrogens is 252 g/mol. The van der Waals surface area contributed by atoms with E-state index >= 15 is 0 Å². The van der Waals surface area contributed by atoms with Crippen molar-refractivity contribution >= 4 is 0 Å². The molecule has 0 saturated carbocycles. The van der Waals surface area contributed by atoms with Gasteiger partial charge in [-0.1, -0.05) is 12.1 Å². The van der Waals surface area contributed by atoms with Crippen molar-refractivity contribution in [3.05, 3.63) is 42.0 Å². The summed E-state index contributed by atoms with van der Waals surface area (Å²) in [5.41, 5.74) is 1.24. The summed E-state index contributed by atoms with van der Waals surface area (Å²) in [6, 6.07) is 8.16. The molecule has 1 aromatic heterocycles. The molecular formula is C15H20N4O. The van der Waals surface area contributed by atoms with Gasteiger partial charge < -0.3 is 14.6 Å². The Morgan fingerprint density at radius 1 is 1.25 bits per heavy atom. The number of benzene rings is 1. The molecule has 0 atom stereocenters. The van der Waals surface area contributed by atoms with Crippen molar-refractivity contribution in [2.75, 3.05) is 20.2 Å². The Bertz CT molecular complexity index is 543. The molecule has 5 nitrogen and oxygen atoms in total. The zero-order valence-electron chi connectivity index (χ0n) is 11.7. The summed E-state index contributed by atoms with van der Waals surface area (Å²) in [5.74, 6) is 2.52. The fourth-order valence-corrected chi connectivity index (χ4v) is 2.71. The molecule has 106 valence electrons. The van der Waals surface area contributed by atoms with Crippen LogP contribution in [0, 0.1) is 0 Å². The maximum absolute atomic E-state index is 5.18. The number of ether oxygens (including phenoxy) is 1. The maximum Gasteiger partial charge on any atom is 0.136 e. The van der Waals surface area contributed by atoms with Crippen LogP contribution >= 0.6 is 0 Å². The first-order chi connectivity index (χ1) is 9.86. The van der Waals surface area contributed by atoms with Crippen molar-refractivity contribution < 1.29 is 4.74 Å². The van der Waals surface area contributed by atoms with Gasteiger partial charge in [0.15, 0.2) is 0 Å². The van der Waals surface area contributed by atoms with Gasteiger partial charge in [0.1, 0.15) is 17.9 Å². The van der Waals surface area contributed by atoms with E-state index in [2.05, 4.69) is 32.2 Å². The van der Waals surface area contributed by atoms with Gasteiger partial charge >= 0.3 is 0 Å². The minimum atomic E-state index is 0.525. The van der Waals surface area contributed by atoms with E-state index in [-0.39, 0.29) is 0 Å². The molecule has 1 fully saturated rings. The zero-order valence-corrected chi connectivity index (χ0v) is 11.7. The summed E-state index contributed by atoms with van der Waals surface area (Å²) in [6.07, 6.45) is 4.12.